The van der Waals surface area contributed by atoms with E-state index in [4.69, 9.17) is 5.11 Å². The summed E-state index contributed by atoms with van der Waals surface area (Å²) in [6, 6.07) is 7.42. The van der Waals surface area contributed by atoms with Crippen LogP contribution in [0.25, 0.3) is 0 Å². The van der Waals surface area contributed by atoms with Crippen molar-refractivity contribution in [3.05, 3.63) is 53.6 Å². The van der Waals surface area contributed by atoms with Crippen LogP contribution in [0.1, 0.15) is 18.4 Å². The van der Waals surface area contributed by atoms with Gasteiger partial charge < -0.3 is 5.11 Å². The van der Waals surface area contributed by atoms with Crippen molar-refractivity contribution in [2.24, 2.45) is 0 Å². The average molecular weight is 186 g/mol. The van der Waals surface area contributed by atoms with Crippen molar-refractivity contribution >= 4 is 0 Å². The molecule has 1 aliphatic carbocycles. The van der Waals surface area contributed by atoms with Crippen molar-refractivity contribution < 1.29 is 5.11 Å². The molecular formula is C13H14O. The second-order valence-corrected chi connectivity index (χ2v) is 3.60. The summed E-state index contributed by atoms with van der Waals surface area (Å²) >= 11 is 0. The second-order valence-electron chi connectivity index (χ2n) is 3.60. The molecule has 0 amide bonds. The van der Waals surface area contributed by atoms with Gasteiger partial charge in [0.25, 0.3) is 0 Å². The number of phenolic OH excluding ortho intramolecular Hbond substituents is 1. The Bertz CT molecular complexity index is 357. The monoisotopic (exact) mass is 186 g/mol. The minimum atomic E-state index is 0.335. The molecule has 72 valence electrons. The minimum Gasteiger partial charge on any atom is -0.508 e. The van der Waals surface area contributed by atoms with Crippen LogP contribution in [0.2, 0.25) is 0 Å². The first kappa shape index (κ1) is 9.07. The first-order valence-corrected chi connectivity index (χ1v) is 4.98. The van der Waals surface area contributed by atoms with Gasteiger partial charge in [-0.05, 0) is 42.5 Å². The number of hydrogen-bond acceptors (Lipinski definition) is 1. The molecule has 1 N–H and O–H groups in total. The Kier molecular flexibility index (Phi) is 2.68. The zero-order chi connectivity index (χ0) is 9.80. The van der Waals surface area contributed by atoms with Crippen molar-refractivity contribution in [3.8, 4) is 5.75 Å². The molecule has 0 aromatic heterocycles. The van der Waals surface area contributed by atoms with E-state index in [2.05, 4.69) is 18.2 Å². The normalized spacial score (nSPS) is 15.3. The molecule has 0 heterocycles. The Morgan fingerprint density at radius 2 is 1.86 bits per heavy atom. The van der Waals surface area contributed by atoms with Gasteiger partial charge in [0.05, 0.1) is 0 Å². The molecule has 1 aromatic rings. The fourth-order valence-electron chi connectivity index (χ4n) is 1.65. The third kappa shape index (κ3) is 2.25. The molecule has 0 radical (unpaired) electrons. The maximum Gasteiger partial charge on any atom is 0.115 e. The lowest BCUT2D eigenvalue weighted by Crippen LogP contribution is -1.90. The van der Waals surface area contributed by atoms with Gasteiger partial charge in [-0.3, -0.25) is 0 Å². The van der Waals surface area contributed by atoms with E-state index in [1.165, 1.54) is 17.6 Å². The molecule has 0 spiro atoms. The molecule has 14 heavy (non-hydrogen) atoms. The Hall–Kier alpha value is -1.50. The van der Waals surface area contributed by atoms with E-state index in [9.17, 15) is 0 Å². The van der Waals surface area contributed by atoms with Gasteiger partial charge in [0.2, 0.25) is 0 Å². The minimum absolute atomic E-state index is 0.335. The lowest BCUT2D eigenvalue weighted by molar-refractivity contribution is 0.475. The molecule has 1 aromatic carbocycles. The smallest absolute Gasteiger partial charge is 0.115 e. The molecule has 0 bridgehead atoms. The molecule has 2 rings (SSSR count). The van der Waals surface area contributed by atoms with Gasteiger partial charge in [-0.15, -0.1) is 0 Å². The van der Waals surface area contributed by atoms with Crippen LogP contribution < -0.4 is 0 Å². The lowest BCUT2D eigenvalue weighted by Gasteiger charge is -2.06. The third-order valence-electron chi connectivity index (χ3n) is 2.42. The van der Waals surface area contributed by atoms with Crippen LogP contribution in [0.4, 0.5) is 0 Å². The van der Waals surface area contributed by atoms with E-state index in [1.54, 1.807) is 12.1 Å². The molecule has 0 saturated carbocycles. The maximum absolute atomic E-state index is 9.13. The van der Waals surface area contributed by atoms with Gasteiger partial charge in [-0.25, -0.2) is 0 Å². The van der Waals surface area contributed by atoms with Crippen LogP contribution >= 0.6 is 0 Å². The first-order valence-electron chi connectivity index (χ1n) is 4.98. The van der Waals surface area contributed by atoms with Crippen LogP contribution in [-0.4, -0.2) is 5.11 Å². The van der Waals surface area contributed by atoms with Crippen molar-refractivity contribution in [1.29, 1.82) is 0 Å². The summed E-state index contributed by atoms with van der Waals surface area (Å²) in [7, 11) is 0. The van der Waals surface area contributed by atoms with Crippen LogP contribution in [-0.2, 0) is 6.42 Å². The van der Waals surface area contributed by atoms with Crippen molar-refractivity contribution in [2.75, 3.05) is 0 Å². The summed E-state index contributed by atoms with van der Waals surface area (Å²) in [4.78, 5) is 0. The van der Waals surface area contributed by atoms with Crippen molar-refractivity contribution in [2.45, 2.75) is 19.3 Å². The van der Waals surface area contributed by atoms with E-state index in [0.29, 0.717) is 5.75 Å². The van der Waals surface area contributed by atoms with E-state index >= 15 is 0 Å². The standard InChI is InChI=1S/C13H14O/c14-13-8-6-12(7-9-13)10-11-4-2-1-3-5-11/h2,4-9,14H,1,3,10H2. The molecule has 0 unspecified atom stereocenters. The van der Waals surface area contributed by atoms with Crippen molar-refractivity contribution in [1.82, 2.24) is 0 Å². The summed E-state index contributed by atoms with van der Waals surface area (Å²) in [5, 5.41) is 9.13. The number of rotatable bonds is 2. The fraction of sp³-hybridized carbons (Fsp3) is 0.231. The highest BCUT2D eigenvalue weighted by Crippen LogP contribution is 2.17. The summed E-state index contributed by atoms with van der Waals surface area (Å²) < 4.78 is 0. The van der Waals surface area contributed by atoms with E-state index in [-0.39, 0.29) is 0 Å². The van der Waals surface area contributed by atoms with Gasteiger partial charge >= 0.3 is 0 Å². The van der Waals surface area contributed by atoms with E-state index in [1.807, 2.05) is 12.1 Å². The highest BCUT2D eigenvalue weighted by atomic mass is 16.3. The zero-order valence-corrected chi connectivity index (χ0v) is 8.11. The molecule has 0 aliphatic heterocycles. The maximum atomic E-state index is 9.13. The molecule has 0 fully saturated rings. The van der Waals surface area contributed by atoms with Crippen molar-refractivity contribution in [3.63, 3.8) is 0 Å². The second kappa shape index (κ2) is 4.14. The van der Waals surface area contributed by atoms with Gasteiger partial charge in [0.15, 0.2) is 0 Å². The number of benzene rings is 1. The Balaban J connectivity index is 2.07. The Morgan fingerprint density at radius 3 is 2.50 bits per heavy atom. The number of aromatic hydroxyl groups is 1. The number of hydrogen-bond donors (Lipinski definition) is 1. The third-order valence-corrected chi connectivity index (χ3v) is 2.42. The van der Waals surface area contributed by atoms with Gasteiger partial charge in [-0.2, -0.15) is 0 Å². The van der Waals surface area contributed by atoms with Crippen LogP contribution in [0.5, 0.6) is 5.75 Å². The average Bonchev–Trinajstić information content (AvgIpc) is 2.23. The summed E-state index contributed by atoms with van der Waals surface area (Å²) in [6.45, 7) is 0. The Labute approximate surface area is 84.4 Å². The zero-order valence-electron chi connectivity index (χ0n) is 8.11. The first-order chi connectivity index (χ1) is 6.84. The highest BCUT2D eigenvalue weighted by molar-refractivity contribution is 5.33. The van der Waals surface area contributed by atoms with Crippen LogP contribution in [0.3, 0.4) is 0 Å². The molecule has 0 atom stereocenters. The van der Waals surface area contributed by atoms with Gasteiger partial charge in [0, 0.05) is 0 Å². The predicted octanol–water partition coefficient (Wildman–Crippen LogP) is 3.21. The molecule has 1 heteroatoms. The molecule has 1 nitrogen and oxygen atoms in total. The molecule has 1 aliphatic rings. The molecular weight excluding hydrogens is 172 g/mol. The highest BCUT2D eigenvalue weighted by Gasteiger charge is 1.99. The quantitative estimate of drug-likeness (QED) is 0.752. The summed E-state index contributed by atoms with van der Waals surface area (Å²) in [5.74, 6) is 0.335. The predicted molar refractivity (Wildman–Crippen MR) is 58.3 cm³/mol. The van der Waals surface area contributed by atoms with Crippen LogP contribution in [0, 0.1) is 0 Å². The SMILES string of the molecule is Oc1ccc(CC2=CCCC=C2)cc1. The largest absolute Gasteiger partial charge is 0.508 e. The topological polar surface area (TPSA) is 20.2 Å². The lowest BCUT2D eigenvalue weighted by atomic mass is 10.00. The van der Waals surface area contributed by atoms with Gasteiger partial charge in [-0.1, -0.05) is 30.4 Å². The van der Waals surface area contributed by atoms with Crippen LogP contribution in [0.15, 0.2) is 48.1 Å². The van der Waals surface area contributed by atoms with E-state index < -0.39 is 0 Å². The fourth-order valence-corrected chi connectivity index (χ4v) is 1.65. The van der Waals surface area contributed by atoms with E-state index in [0.717, 1.165) is 12.8 Å². The summed E-state index contributed by atoms with van der Waals surface area (Å²) in [5.41, 5.74) is 2.63. The number of phenols is 1. The Morgan fingerprint density at radius 1 is 1.07 bits per heavy atom. The molecule has 0 saturated heterocycles. The number of allylic oxidation sites excluding steroid dienone is 4. The summed E-state index contributed by atoms with van der Waals surface area (Å²) in [6.07, 6.45) is 9.98. The van der Waals surface area contributed by atoms with Gasteiger partial charge in [0.1, 0.15) is 5.75 Å².